The number of rotatable bonds is 6. The van der Waals surface area contributed by atoms with E-state index < -0.39 is 0 Å². The van der Waals surface area contributed by atoms with Crippen LogP contribution in [0.2, 0.25) is 0 Å². The summed E-state index contributed by atoms with van der Waals surface area (Å²) in [7, 11) is 3.45. The summed E-state index contributed by atoms with van der Waals surface area (Å²) in [6, 6.07) is 1.46. The molecule has 0 saturated carbocycles. The van der Waals surface area contributed by atoms with Crippen LogP contribution >= 0.6 is 0 Å². The summed E-state index contributed by atoms with van der Waals surface area (Å²) in [5.74, 6) is -0.0209. The second kappa shape index (κ2) is 6.12. The summed E-state index contributed by atoms with van der Waals surface area (Å²) < 4.78 is 9.53. The SMILES string of the molecule is CCN(C)CCNC(=O)c1cc(OC)on1. The van der Waals surface area contributed by atoms with Gasteiger partial charge >= 0.3 is 5.95 Å². The Hall–Kier alpha value is -1.56. The van der Waals surface area contributed by atoms with Crippen LogP contribution in [0.25, 0.3) is 0 Å². The zero-order chi connectivity index (χ0) is 12.0. The maximum atomic E-state index is 11.5. The normalized spacial score (nSPS) is 10.5. The highest BCUT2D eigenvalue weighted by atomic mass is 16.6. The van der Waals surface area contributed by atoms with Gasteiger partial charge < -0.3 is 19.5 Å². The largest absolute Gasteiger partial charge is 0.467 e. The van der Waals surface area contributed by atoms with Crippen LogP contribution in [0.5, 0.6) is 5.95 Å². The second-order valence-electron chi connectivity index (χ2n) is 3.39. The number of carbonyl (C=O) groups is 1. The molecule has 0 atom stereocenters. The smallest absolute Gasteiger partial charge is 0.311 e. The van der Waals surface area contributed by atoms with Crippen molar-refractivity contribution >= 4 is 5.91 Å². The quantitative estimate of drug-likeness (QED) is 0.760. The highest BCUT2D eigenvalue weighted by Gasteiger charge is 2.11. The van der Waals surface area contributed by atoms with E-state index in [0.717, 1.165) is 13.1 Å². The van der Waals surface area contributed by atoms with E-state index in [1.54, 1.807) is 0 Å². The molecule has 6 nitrogen and oxygen atoms in total. The number of nitrogens with one attached hydrogen (secondary N) is 1. The molecule has 0 fully saturated rings. The monoisotopic (exact) mass is 227 g/mol. The van der Waals surface area contributed by atoms with Crippen molar-refractivity contribution in [3.8, 4) is 5.95 Å². The maximum absolute atomic E-state index is 11.5. The topological polar surface area (TPSA) is 67.6 Å². The number of likely N-dealkylation sites (N-methyl/N-ethyl adjacent to an activating group) is 1. The Morgan fingerprint density at radius 3 is 3.00 bits per heavy atom. The molecule has 1 N–H and O–H groups in total. The van der Waals surface area contributed by atoms with Crippen molar-refractivity contribution < 1.29 is 14.1 Å². The third-order valence-electron chi connectivity index (χ3n) is 2.24. The van der Waals surface area contributed by atoms with Gasteiger partial charge in [-0.15, -0.1) is 0 Å². The van der Waals surface area contributed by atoms with Gasteiger partial charge in [0.05, 0.1) is 13.2 Å². The number of aromatic nitrogens is 1. The molecule has 0 aliphatic rings. The Morgan fingerprint density at radius 2 is 2.44 bits per heavy atom. The van der Waals surface area contributed by atoms with E-state index in [9.17, 15) is 4.79 Å². The van der Waals surface area contributed by atoms with Crippen molar-refractivity contribution in [2.24, 2.45) is 0 Å². The van der Waals surface area contributed by atoms with Crippen LogP contribution in [-0.2, 0) is 0 Å². The molecule has 90 valence electrons. The maximum Gasteiger partial charge on any atom is 0.311 e. The van der Waals surface area contributed by atoms with Crippen molar-refractivity contribution in [2.75, 3.05) is 33.8 Å². The fourth-order valence-electron chi connectivity index (χ4n) is 1.07. The zero-order valence-electron chi connectivity index (χ0n) is 9.82. The van der Waals surface area contributed by atoms with Gasteiger partial charge in [-0.3, -0.25) is 4.79 Å². The lowest BCUT2D eigenvalue weighted by Gasteiger charge is -2.13. The number of hydrogen-bond acceptors (Lipinski definition) is 5. The number of amides is 1. The number of carbonyl (C=O) groups excluding carboxylic acids is 1. The first-order chi connectivity index (χ1) is 7.67. The Labute approximate surface area is 94.5 Å². The molecular formula is C10H17N3O3. The molecule has 0 spiro atoms. The molecule has 1 aromatic heterocycles. The van der Waals surface area contributed by atoms with E-state index >= 15 is 0 Å². The Bertz CT molecular complexity index is 338. The lowest BCUT2D eigenvalue weighted by molar-refractivity contribution is 0.0940. The molecule has 0 saturated heterocycles. The molecule has 0 aliphatic heterocycles. The van der Waals surface area contributed by atoms with Crippen LogP contribution in [0.15, 0.2) is 10.6 Å². The van der Waals surface area contributed by atoms with Gasteiger partial charge in [-0.25, -0.2) is 0 Å². The summed E-state index contributed by atoms with van der Waals surface area (Å²) in [6.45, 7) is 4.40. The fraction of sp³-hybridized carbons (Fsp3) is 0.600. The van der Waals surface area contributed by atoms with Gasteiger partial charge in [0.2, 0.25) is 0 Å². The van der Waals surface area contributed by atoms with Crippen LogP contribution in [0.1, 0.15) is 17.4 Å². The zero-order valence-corrected chi connectivity index (χ0v) is 9.82. The Morgan fingerprint density at radius 1 is 1.69 bits per heavy atom. The third kappa shape index (κ3) is 3.54. The summed E-state index contributed by atoms with van der Waals surface area (Å²) in [5.41, 5.74) is 0.232. The highest BCUT2D eigenvalue weighted by molar-refractivity contribution is 5.92. The minimum Gasteiger partial charge on any atom is -0.467 e. The fourth-order valence-corrected chi connectivity index (χ4v) is 1.07. The van der Waals surface area contributed by atoms with E-state index in [1.165, 1.54) is 13.2 Å². The van der Waals surface area contributed by atoms with E-state index in [2.05, 4.69) is 22.3 Å². The molecule has 0 bridgehead atoms. The molecule has 0 unspecified atom stereocenters. The van der Waals surface area contributed by atoms with Gasteiger partial charge in [-0.2, -0.15) is 0 Å². The van der Waals surface area contributed by atoms with E-state index in [4.69, 9.17) is 9.26 Å². The molecule has 6 heteroatoms. The molecule has 16 heavy (non-hydrogen) atoms. The standard InChI is InChI=1S/C10H17N3O3/c1-4-13(2)6-5-11-10(14)8-7-9(15-3)16-12-8/h7H,4-6H2,1-3H3,(H,11,14). The molecular weight excluding hydrogens is 210 g/mol. The first-order valence-electron chi connectivity index (χ1n) is 5.14. The molecule has 1 heterocycles. The Kier molecular flexibility index (Phi) is 4.78. The average molecular weight is 227 g/mol. The van der Waals surface area contributed by atoms with E-state index in [0.29, 0.717) is 6.54 Å². The summed E-state index contributed by atoms with van der Waals surface area (Å²) >= 11 is 0. The number of ether oxygens (including phenoxy) is 1. The molecule has 1 amide bonds. The molecule has 0 aromatic carbocycles. The molecule has 1 aromatic rings. The number of hydrogen-bond donors (Lipinski definition) is 1. The lowest BCUT2D eigenvalue weighted by Crippen LogP contribution is -2.33. The summed E-state index contributed by atoms with van der Waals surface area (Å²) in [5, 5.41) is 6.32. The van der Waals surface area contributed by atoms with Crippen molar-refractivity contribution in [1.82, 2.24) is 15.4 Å². The van der Waals surface area contributed by atoms with Gasteiger partial charge in [0.25, 0.3) is 5.91 Å². The van der Waals surface area contributed by atoms with Gasteiger partial charge in [-0.05, 0) is 13.6 Å². The molecule has 0 radical (unpaired) electrons. The predicted molar refractivity (Wildman–Crippen MR) is 58.6 cm³/mol. The first kappa shape index (κ1) is 12.5. The lowest BCUT2D eigenvalue weighted by atomic mass is 10.4. The Balaban J connectivity index is 2.35. The first-order valence-corrected chi connectivity index (χ1v) is 5.14. The van der Waals surface area contributed by atoms with Crippen molar-refractivity contribution in [3.05, 3.63) is 11.8 Å². The minimum absolute atomic E-state index is 0.232. The van der Waals surface area contributed by atoms with Gasteiger partial charge in [-0.1, -0.05) is 12.1 Å². The summed E-state index contributed by atoms with van der Waals surface area (Å²) in [6.07, 6.45) is 0. The van der Waals surface area contributed by atoms with E-state index in [-0.39, 0.29) is 17.5 Å². The third-order valence-corrected chi connectivity index (χ3v) is 2.24. The van der Waals surface area contributed by atoms with Crippen LogP contribution in [0, 0.1) is 0 Å². The van der Waals surface area contributed by atoms with Crippen LogP contribution in [0.4, 0.5) is 0 Å². The minimum atomic E-state index is -0.253. The van der Waals surface area contributed by atoms with Gasteiger partial charge in [0.15, 0.2) is 5.69 Å². The van der Waals surface area contributed by atoms with E-state index in [1.807, 2.05) is 7.05 Å². The van der Waals surface area contributed by atoms with Crippen molar-refractivity contribution in [3.63, 3.8) is 0 Å². The van der Waals surface area contributed by atoms with Crippen LogP contribution < -0.4 is 10.1 Å². The van der Waals surface area contributed by atoms with Crippen LogP contribution in [0.3, 0.4) is 0 Å². The number of methoxy groups -OCH3 is 1. The van der Waals surface area contributed by atoms with Crippen molar-refractivity contribution in [1.29, 1.82) is 0 Å². The van der Waals surface area contributed by atoms with Crippen LogP contribution in [-0.4, -0.2) is 49.8 Å². The van der Waals surface area contributed by atoms with Gasteiger partial charge in [0, 0.05) is 13.1 Å². The molecule has 0 aliphatic carbocycles. The summed E-state index contributed by atoms with van der Waals surface area (Å²) in [4.78, 5) is 13.6. The average Bonchev–Trinajstić information content (AvgIpc) is 2.77. The second-order valence-corrected chi connectivity index (χ2v) is 3.39. The number of nitrogens with zero attached hydrogens (tertiary/aromatic N) is 2. The highest BCUT2D eigenvalue weighted by Crippen LogP contribution is 2.10. The predicted octanol–water partition coefficient (Wildman–Crippen LogP) is 0.365. The van der Waals surface area contributed by atoms with Crippen molar-refractivity contribution in [2.45, 2.75) is 6.92 Å². The van der Waals surface area contributed by atoms with Gasteiger partial charge in [0.1, 0.15) is 0 Å². The molecule has 1 rings (SSSR count).